The molecule has 1 aromatic rings. The molecular weight excluding hydrogens is 312 g/mol. The molecule has 0 bridgehead atoms. The lowest BCUT2D eigenvalue weighted by atomic mass is 9.96. The largest absolute Gasteiger partial charge is 0.243 e. The monoisotopic (exact) mass is 332 g/mol. The summed E-state index contributed by atoms with van der Waals surface area (Å²) >= 11 is 0. The van der Waals surface area contributed by atoms with Crippen LogP contribution in [0.15, 0.2) is 34.1 Å². The standard InChI is InChI=1S/C13H20N2O4S2/c1-10(2)11-7-8-15(9-11)21(18,19)13-5-3-12(4-6-13)20(14,16)17/h3-6,10-11H,7-9H2,1-2H3,(H2,14,16,17). The van der Waals surface area contributed by atoms with E-state index in [1.54, 1.807) is 0 Å². The molecular formula is C13H20N2O4S2. The van der Waals surface area contributed by atoms with Crippen molar-refractivity contribution < 1.29 is 16.8 Å². The first kappa shape index (κ1) is 16.4. The van der Waals surface area contributed by atoms with E-state index in [1.165, 1.54) is 28.6 Å². The Bertz CT molecular complexity index is 709. The van der Waals surface area contributed by atoms with Gasteiger partial charge in [0.15, 0.2) is 0 Å². The summed E-state index contributed by atoms with van der Waals surface area (Å²) in [5, 5.41) is 5.00. The number of primary sulfonamides is 1. The van der Waals surface area contributed by atoms with Crippen LogP contribution in [0.3, 0.4) is 0 Å². The zero-order chi connectivity index (χ0) is 15.8. The van der Waals surface area contributed by atoms with Crippen LogP contribution >= 0.6 is 0 Å². The quantitative estimate of drug-likeness (QED) is 0.889. The summed E-state index contributed by atoms with van der Waals surface area (Å²) in [4.78, 5) is 0.00207. The second-order valence-electron chi connectivity index (χ2n) is 5.67. The molecule has 0 spiro atoms. The first-order valence-electron chi connectivity index (χ1n) is 6.75. The number of sulfonamides is 2. The van der Waals surface area contributed by atoms with Gasteiger partial charge in [0.2, 0.25) is 20.0 Å². The molecule has 0 aromatic heterocycles. The van der Waals surface area contributed by atoms with E-state index < -0.39 is 20.0 Å². The zero-order valence-electron chi connectivity index (χ0n) is 12.1. The molecule has 1 aromatic carbocycles. The molecule has 1 saturated heterocycles. The molecule has 21 heavy (non-hydrogen) atoms. The Balaban J connectivity index is 2.25. The predicted octanol–water partition coefficient (Wildman–Crippen LogP) is 1.00. The van der Waals surface area contributed by atoms with Crippen molar-refractivity contribution in [3.05, 3.63) is 24.3 Å². The molecule has 1 unspecified atom stereocenters. The van der Waals surface area contributed by atoms with Crippen molar-refractivity contribution in [3.8, 4) is 0 Å². The second-order valence-corrected chi connectivity index (χ2v) is 9.17. The van der Waals surface area contributed by atoms with Gasteiger partial charge < -0.3 is 0 Å². The maximum Gasteiger partial charge on any atom is 0.243 e. The van der Waals surface area contributed by atoms with Crippen LogP contribution in [0.2, 0.25) is 0 Å². The van der Waals surface area contributed by atoms with E-state index in [0.717, 1.165) is 6.42 Å². The van der Waals surface area contributed by atoms with Crippen LogP contribution in [0.5, 0.6) is 0 Å². The molecule has 1 aliphatic heterocycles. The third kappa shape index (κ3) is 3.45. The summed E-state index contributed by atoms with van der Waals surface area (Å²) < 4.78 is 48.9. The van der Waals surface area contributed by atoms with Gasteiger partial charge in [-0.2, -0.15) is 4.31 Å². The van der Waals surface area contributed by atoms with Crippen LogP contribution in [0, 0.1) is 11.8 Å². The number of benzene rings is 1. The van der Waals surface area contributed by atoms with Crippen LogP contribution in [0.1, 0.15) is 20.3 Å². The topological polar surface area (TPSA) is 97.5 Å². The molecule has 2 N–H and O–H groups in total. The van der Waals surface area contributed by atoms with Gasteiger partial charge in [-0.3, -0.25) is 0 Å². The minimum atomic E-state index is -3.81. The summed E-state index contributed by atoms with van der Waals surface area (Å²) in [6.07, 6.45) is 0.853. The lowest BCUT2D eigenvalue weighted by Gasteiger charge is -2.18. The molecule has 1 fully saturated rings. The van der Waals surface area contributed by atoms with E-state index in [1.807, 2.05) is 0 Å². The fraction of sp³-hybridized carbons (Fsp3) is 0.538. The fourth-order valence-electron chi connectivity index (χ4n) is 2.47. The summed E-state index contributed by atoms with van der Waals surface area (Å²) in [6, 6.07) is 5.02. The third-order valence-electron chi connectivity index (χ3n) is 3.92. The van der Waals surface area contributed by atoms with Gasteiger partial charge in [-0.1, -0.05) is 13.8 Å². The molecule has 1 atom stereocenters. The molecule has 6 nitrogen and oxygen atoms in total. The number of nitrogens with zero attached hydrogens (tertiary/aromatic N) is 1. The molecule has 0 aliphatic carbocycles. The Kier molecular flexibility index (Phi) is 4.44. The van der Waals surface area contributed by atoms with Gasteiger partial charge in [-0.15, -0.1) is 0 Å². The van der Waals surface area contributed by atoms with Crippen LogP contribution in [-0.2, 0) is 20.0 Å². The van der Waals surface area contributed by atoms with Gasteiger partial charge in [0.1, 0.15) is 0 Å². The van der Waals surface area contributed by atoms with Gasteiger partial charge in [-0.05, 0) is 42.5 Å². The third-order valence-corrected chi connectivity index (χ3v) is 6.73. The highest BCUT2D eigenvalue weighted by atomic mass is 32.2. The molecule has 0 radical (unpaired) electrons. The smallest absolute Gasteiger partial charge is 0.225 e. The van der Waals surface area contributed by atoms with Crippen molar-refractivity contribution >= 4 is 20.0 Å². The van der Waals surface area contributed by atoms with Crippen LogP contribution in [0.4, 0.5) is 0 Å². The highest BCUT2D eigenvalue weighted by Gasteiger charge is 2.33. The Morgan fingerprint density at radius 2 is 1.62 bits per heavy atom. The van der Waals surface area contributed by atoms with Gasteiger partial charge >= 0.3 is 0 Å². The number of nitrogens with two attached hydrogens (primary N) is 1. The molecule has 1 aliphatic rings. The number of rotatable bonds is 4. The maximum absolute atomic E-state index is 12.5. The van der Waals surface area contributed by atoms with E-state index >= 15 is 0 Å². The Morgan fingerprint density at radius 3 is 2.05 bits per heavy atom. The minimum Gasteiger partial charge on any atom is -0.225 e. The number of hydrogen-bond donors (Lipinski definition) is 1. The van der Waals surface area contributed by atoms with Gasteiger partial charge in [-0.25, -0.2) is 22.0 Å². The Hall–Kier alpha value is -0.960. The van der Waals surface area contributed by atoms with Gasteiger partial charge in [0, 0.05) is 13.1 Å². The zero-order valence-corrected chi connectivity index (χ0v) is 13.7. The van der Waals surface area contributed by atoms with Gasteiger partial charge in [0.25, 0.3) is 0 Å². The summed E-state index contributed by atoms with van der Waals surface area (Å²) in [5.41, 5.74) is 0. The van der Waals surface area contributed by atoms with E-state index in [0.29, 0.717) is 24.9 Å². The van der Waals surface area contributed by atoms with Crippen molar-refractivity contribution in [3.63, 3.8) is 0 Å². The first-order valence-corrected chi connectivity index (χ1v) is 9.74. The van der Waals surface area contributed by atoms with Gasteiger partial charge in [0.05, 0.1) is 9.79 Å². The highest BCUT2D eigenvalue weighted by molar-refractivity contribution is 7.89. The van der Waals surface area contributed by atoms with E-state index in [4.69, 9.17) is 5.14 Å². The van der Waals surface area contributed by atoms with E-state index in [2.05, 4.69) is 13.8 Å². The average molecular weight is 332 g/mol. The average Bonchev–Trinajstić information content (AvgIpc) is 2.88. The van der Waals surface area contributed by atoms with Crippen LogP contribution in [-0.4, -0.2) is 34.2 Å². The molecule has 0 amide bonds. The van der Waals surface area contributed by atoms with Crippen molar-refractivity contribution in [2.45, 2.75) is 30.1 Å². The molecule has 1 heterocycles. The molecule has 8 heteroatoms. The molecule has 118 valence electrons. The lowest BCUT2D eigenvalue weighted by Crippen LogP contribution is -2.29. The summed E-state index contributed by atoms with van der Waals surface area (Å²) in [6.45, 7) is 5.18. The van der Waals surface area contributed by atoms with Crippen molar-refractivity contribution in [1.82, 2.24) is 4.31 Å². The van der Waals surface area contributed by atoms with Crippen molar-refractivity contribution in [2.75, 3.05) is 13.1 Å². The summed E-state index contributed by atoms with van der Waals surface area (Å²) in [7, 11) is -7.38. The summed E-state index contributed by atoms with van der Waals surface area (Å²) in [5.74, 6) is 0.804. The van der Waals surface area contributed by atoms with Crippen molar-refractivity contribution in [2.24, 2.45) is 17.0 Å². The first-order chi connectivity index (χ1) is 9.62. The highest BCUT2D eigenvalue weighted by Crippen LogP contribution is 2.28. The number of hydrogen-bond acceptors (Lipinski definition) is 4. The molecule has 0 saturated carbocycles. The Morgan fingerprint density at radius 1 is 1.10 bits per heavy atom. The SMILES string of the molecule is CC(C)C1CCN(S(=O)(=O)c2ccc(S(N)(=O)=O)cc2)C1. The fourth-order valence-corrected chi connectivity index (χ4v) is 4.49. The normalized spacial score (nSPS) is 21.0. The lowest BCUT2D eigenvalue weighted by molar-refractivity contribution is 0.388. The van der Waals surface area contributed by atoms with E-state index in [9.17, 15) is 16.8 Å². The second kappa shape index (κ2) is 5.68. The van der Waals surface area contributed by atoms with Crippen LogP contribution < -0.4 is 5.14 Å². The van der Waals surface area contributed by atoms with E-state index in [-0.39, 0.29) is 9.79 Å². The molecule has 2 rings (SSSR count). The maximum atomic E-state index is 12.5. The minimum absolute atomic E-state index is 0.0945. The van der Waals surface area contributed by atoms with Crippen molar-refractivity contribution in [1.29, 1.82) is 0 Å². The van der Waals surface area contributed by atoms with Crippen LogP contribution in [0.25, 0.3) is 0 Å². The Labute approximate surface area is 126 Å². The predicted molar refractivity (Wildman–Crippen MR) is 79.5 cm³/mol.